The Morgan fingerprint density at radius 1 is 1.59 bits per heavy atom. The van der Waals surface area contributed by atoms with Gasteiger partial charge in [0.2, 0.25) is 5.91 Å². The fourth-order valence-electron chi connectivity index (χ4n) is 1.84. The fraction of sp³-hybridized carbons (Fsp3) is 0.455. The Balaban J connectivity index is 2.40. The van der Waals surface area contributed by atoms with E-state index in [2.05, 4.69) is 0 Å². The van der Waals surface area contributed by atoms with Gasteiger partial charge in [-0.25, -0.2) is 4.79 Å². The van der Waals surface area contributed by atoms with Gasteiger partial charge in [0.25, 0.3) is 0 Å². The van der Waals surface area contributed by atoms with Crippen LogP contribution in [-0.4, -0.2) is 29.1 Å². The van der Waals surface area contributed by atoms with Crippen LogP contribution in [0.2, 0.25) is 0 Å². The lowest BCUT2D eigenvalue weighted by Gasteiger charge is -2.26. The molecule has 0 aromatic rings. The maximum Gasteiger partial charge on any atom is 0.337 e. The van der Waals surface area contributed by atoms with E-state index in [4.69, 9.17) is 10.5 Å². The molecule has 1 fully saturated rings. The Morgan fingerprint density at radius 3 is 2.94 bits per heavy atom. The van der Waals surface area contributed by atoms with Gasteiger partial charge in [0.1, 0.15) is 5.82 Å². The van der Waals surface area contributed by atoms with E-state index in [1.807, 2.05) is 6.92 Å². The molecule has 6 heteroatoms. The third-order valence-corrected chi connectivity index (χ3v) is 3.78. The van der Waals surface area contributed by atoms with Crippen molar-refractivity contribution in [3.63, 3.8) is 0 Å². The van der Waals surface area contributed by atoms with E-state index in [1.165, 1.54) is 16.7 Å². The Morgan fingerprint density at radius 2 is 2.29 bits per heavy atom. The number of amides is 1. The van der Waals surface area contributed by atoms with Gasteiger partial charge in [-0.2, -0.15) is 0 Å². The molecule has 0 aromatic carbocycles. The second kappa shape index (κ2) is 4.44. The second-order valence-electron chi connectivity index (χ2n) is 3.86. The first-order valence-electron chi connectivity index (χ1n) is 5.37. The van der Waals surface area contributed by atoms with Gasteiger partial charge in [-0.15, -0.1) is 0 Å². The molecule has 2 N–H and O–H groups in total. The molecule has 92 valence electrons. The van der Waals surface area contributed by atoms with E-state index in [-0.39, 0.29) is 11.9 Å². The number of nitrogens with two attached hydrogens (primary N) is 1. The first-order chi connectivity index (χ1) is 8.06. The molecule has 1 saturated heterocycles. The first kappa shape index (κ1) is 12.0. The topological polar surface area (TPSA) is 72.6 Å². The molecular formula is C11H14N2O3S. The minimum Gasteiger partial charge on any atom is -0.463 e. The predicted molar refractivity (Wildman–Crippen MR) is 64.5 cm³/mol. The van der Waals surface area contributed by atoms with Crippen LogP contribution in [-0.2, 0) is 14.3 Å². The molecule has 0 spiro atoms. The summed E-state index contributed by atoms with van der Waals surface area (Å²) in [7, 11) is 0. The lowest BCUT2D eigenvalue weighted by Crippen LogP contribution is -2.33. The zero-order valence-electron chi connectivity index (χ0n) is 9.78. The smallest absolute Gasteiger partial charge is 0.337 e. The normalized spacial score (nSPS) is 19.9. The summed E-state index contributed by atoms with van der Waals surface area (Å²) in [6.45, 7) is 3.90. The van der Waals surface area contributed by atoms with Gasteiger partial charge >= 0.3 is 5.97 Å². The maximum atomic E-state index is 11.8. The molecule has 0 unspecified atom stereocenters. The Hall–Kier alpha value is -1.43. The molecule has 2 aliphatic rings. The van der Waals surface area contributed by atoms with Gasteiger partial charge in [-0.3, -0.25) is 9.69 Å². The minimum atomic E-state index is -0.360. The van der Waals surface area contributed by atoms with E-state index in [9.17, 15) is 9.59 Å². The number of fused-ring (bicyclic) bond motifs is 1. The van der Waals surface area contributed by atoms with Crippen molar-refractivity contribution in [2.75, 3.05) is 12.4 Å². The highest BCUT2D eigenvalue weighted by Gasteiger charge is 2.37. The zero-order chi connectivity index (χ0) is 12.6. The van der Waals surface area contributed by atoms with E-state index in [1.54, 1.807) is 6.92 Å². The number of hydrogen-bond acceptors (Lipinski definition) is 5. The van der Waals surface area contributed by atoms with Crippen molar-refractivity contribution in [1.82, 2.24) is 4.90 Å². The minimum absolute atomic E-state index is 0.0802. The van der Waals surface area contributed by atoms with Crippen LogP contribution in [0.3, 0.4) is 0 Å². The number of ether oxygens (including phenoxy) is 1. The average molecular weight is 254 g/mol. The number of rotatable bonds is 2. The van der Waals surface area contributed by atoms with E-state index in [0.29, 0.717) is 35.2 Å². The van der Waals surface area contributed by atoms with Crippen LogP contribution < -0.4 is 5.73 Å². The molecule has 0 aromatic heterocycles. The van der Waals surface area contributed by atoms with E-state index >= 15 is 0 Å². The molecule has 2 aliphatic heterocycles. The van der Waals surface area contributed by atoms with Gasteiger partial charge in [0.05, 0.1) is 23.0 Å². The van der Waals surface area contributed by atoms with E-state index in [0.717, 1.165) is 5.57 Å². The average Bonchev–Trinajstić information content (AvgIpc) is 2.66. The second-order valence-corrected chi connectivity index (χ2v) is 4.83. The summed E-state index contributed by atoms with van der Waals surface area (Å²) in [6, 6.07) is 0. The third kappa shape index (κ3) is 1.93. The van der Waals surface area contributed by atoms with Crippen molar-refractivity contribution in [3.8, 4) is 0 Å². The summed E-state index contributed by atoms with van der Waals surface area (Å²) < 4.78 is 5.00. The lowest BCUT2D eigenvalue weighted by molar-refractivity contribution is -0.138. The highest BCUT2D eigenvalue weighted by Crippen LogP contribution is 2.40. The number of nitrogens with zero attached hydrogens (tertiary/aromatic N) is 1. The molecule has 2 rings (SSSR count). The van der Waals surface area contributed by atoms with E-state index < -0.39 is 0 Å². The zero-order valence-corrected chi connectivity index (χ0v) is 10.6. The molecule has 0 bridgehead atoms. The molecule has 1 amide bonds. The summed E-state index contributed by atoms with van der Waals surface area (Å²) in [5.74, 6) is 0.333. The van der Waals surface area contributed by atoms with Crippen molar-refractivity contribution in [2.24, 2.45) is 5.73 Å². The lowest BCUT2D eigenvalue weighted by atomic mass is 10.0. The predicted octanol–water partition coefficient (Wildman–Crippen LogP) is 0.930. The van der Waals surface area contributed by atoms with Gasteiger partial charge in [-0.05, 0) is 19.4 Å². The number of carbonyl (C=O) groups is 2. The Labute approximate surface area is 104 Å². The van der Waals surface area contributed by atoms with Gasteiger partial charge < -0.3 is 10.5 Å². The van der Waals surface area contributed by atoms with Crippen LogP contribution in [0, 0.1) is 0 Å². The number of allylic oxidation sites excluding steroid dienone is 1. The van der Waals surface area contributed by atoms with Crippen molar-refractivity contribution in [2.45, 2.75) is 20.3 Å². The van der Waals surface area contributed by atoms with Crippen molar-refractivity contribution in [1.29, 1.82) is 0 Å². The first-order valence-corrected chi connectivity index (χ1v) is 6.36. The highest BCUT2D eigenvalue weighted by atomic mass is 32.2. The number of esters is 1. The SMILES string of the molecule is CCOC(=O)C1=C2SCC(=O)N2C(N)=C(C)C1. The third-order valence-electron chi connectivity index (χ3n) is 2.68. The van der Waals surface area contributed by atoms with Crippen LogP contribution in [0.25, 0.3) is 0 Å². The molecule has 2 heterocycles. The van der Waals surface area contributed by atoms with Crippen LogP contribution in [0.1, 0.15) is 20.3 Å². The van der Waals surface area contributed by atoms with Crippen LogP contribution in [0.5, 0.6) is 0 Å². The van der Waals surface area contributed by atoms with Gasteiger partial charge in [0, 0.05) is 6.42 Å². The fourth-order valence-corrected chi connectivity index (χ4v) is 2.89. The number of hydrogen-bond donors (Lipinski definition) is 1. The molecule has 17 heavy (non-hydrogen) atoms. The molecule has 0 atom stereocenters. The number of carbonyl (C=O) groups excluding carboxylic acids is 2. The standard InChI is InChI=1S/C11H14N2O3S/c1-3-16-11(15)7-4-6(2)9(12)13-8(14)5-17-10(7)13/h3-5,12H2,1-2H3. The summed E-state index contributed by atoms with van der Waals surface area (Å²) in [4.78, 5) is 24.9. The summed E-state index contributed by atoms with van der Waals surface area (Å²) in [5.41, 5.74) is 7.24. The monoisotopic (exact) mass is 254 g/mol. The van der Waals surface area contributed by atoms with Gasteiger partial charge in [0.15, 0.2) is 0 Å². The maximum absolute atomic E-state index is 11.8. The Bertz CT molecular complexity index is 454. The highest BCUT2D eigenvalue weighted by molar-refractivity contribution is 8.04. The summed E-state index contributed by atoms with van der Waals surface area (Å²) in [6.07, 6.45) is 0.455. The molecule has 0 radical (unpaired) electrons. The van der Waals surface area contributed by atoms with Crippen LogP contribution in [0.15, 0.2) is 22.0 Å². The quantitative estimate of drug-likeness (QED) is 0.742. The summed E-state index contributed by atoms with van der Waals surface area (Å²) in [5, 5.41) is 0.636. The van der Waals surface area contributed by atoms with Gasteiger partial charge in [-0.1, -0.05) is 11.8 Å². The Kier molecular flexibility index (Phi) is 3.15. The van der Waals surface area contributed by atoms with Crippen LogP contribution in [0.4, 0.5) is 0 Å². The summed E-state index contributed by atoms with van der Waals surface area (Å²) >= 11 is 1.34. The number of thioether (sulfide) groups is 1. The molecule has 0 saturated carbocycles. The van der Waals surface area contributed by atoms with Crippen molar-refractivity contribution >= 4 is 23.6 Å². The largest absolute Gasteiger partial charge is 0.463 e. The van der Waals surface area contributed by atoms with Crippen molar-refractivity contribution in [3.05, 3.63) is 22.0 Å². The molecule has 5 nitrogen and oxygen atoms in total. The molecule has 0 aliphatic carbocycles. The van der Waals surface area contributed by atoms with Crippen LogP contribution >= 0.6 is 11.8 Å². The van der Waals surface area contributed by atoms with Crippen molar-refractivity contribution < 1.29 is 14.3 Å². The molecular weight excluding hydrogens is 240 g/mol.